The van der Waals surface area contributed by atoms with Crippen molar-refractivity contribution < 1.29 is 19.4 Å². The highest BCUT2D eigenvalue weighted by Crippen LogP contribution is 2.25. The Labute approximate surface area is 130 Å². The molecule has 4 heteroatoms. The topological polar surface area (TPSA) is 55.8 Å². The van der Waals surface area contributed by atoms with Gasteiger partial charge < -0.3 is 14.6 Å². The zero-order valence-corrected chi connectivity index (χ0v) is 12.6. The van der Waals surface area contributed by atoms with Crippen LogP contribution in [-0.2, 0) is 4.74 Å². The van der Waals surface area contributed by atoms with Gasteiger partial charge in [-0.2, -0.15) is 0 Å². The first kappa shape index (κ1) is 16.2. The van der Waals surface area contributed by atoms with Gasteiger partial charge in [0.15, 0.2) is 5.78 Å². The third kappa shape index (κ3) is 4.41. The quantitative estimate of drug-likeness (QED) is 0.761. The molecule has 0 aliphatic rings. The molecule has 2 aromatic carbocycles. The first-order valence-corrected chi connectivity index (χ1v) is 7.19. The number of ketones is 1. The zero-order chi connectivity index (χ0) is 15.8. The molecule has 0 spiro atoms. The van der Waals surface area contributed by atoms with Crippen LogP contribution < -0.4 is 4.74 Å². The van der Waals surface area contributed by atoms with Crippen LogP contribution >= 0.6 is 0 Å². The predicted molar refractivity (Wildman–Crippen MR) is 84.2 cm³/mol. The number of carbonyl (C=O) groups is 1. The number of rotatable bonds is 8. The zero-order valence-electron chi connectivity index (χ0n) is 12.6. The van der Waals surface area contributed by atoms with E-state index in [0.29, 0.717) is 5.56 Å². The highest BCUT2D eigenvalue weighted by molar-refractivity contribution is 5.96. The molecule has 0 saturated heterocycles. The summed E-state index contributed by atoms with van der Waals surface area (Å²) in [6, 6.07) is 16.5. The molecule has 0 amide bonds. The van der Waals surface area contributed by atoms with E-state index in [0.717, 1.165) is 11.3 Å². The second kappa shape index (κ2) is 8.32. The summed E-state index contributed by atoms with van der Waals surface area (Å²) >= 11 is 0. The number of aliphatic hydroxyl groups excluding tert-OH is 1. The second-order valence-electron chi connectivity index (χ2n) is 4.85. The lowest BCUT2D eigenvalue weighted by Gasteiger charge is -2.17. The van der Waals surface area contributed by atoms with E-state index in [1.807, 2.05) is 42.5 Å². The monoisotopic (exact) mass is 300 g/mol. The first-order chi connectivity index (χ1) is 10.7. The summed E-state index contributed by atoms with van der Waals surface area (Å²) in [6.07, 6.45) is -0.151. The Morgan fingerprint density at radius 3 is 2.36 bits per heavy atom. The van der Waals surface area contributed by atoms with Gasteiger partial charge in [-0.25, -0.2) is 0 Å². The molecule has 2 rings (SSSR count). The second-order valence-corrected chi connectivity index (χ2v) is 4.85. The molecule has 0 aromatic heterocycles. The molecular weight excluding hydrogens is 280 g/mol. The van der Waals surface area contributed by atoms with Crippen LogP contribution in [-0.4, -0.2) is 31.2 Å². The van der Waals surface area contributed by atoms with E-state index in [1.54, 1.807) is 19.2 Å². The number of benzene rings is 2. The minimum atomic E-state index is -0.384. The molecule has 2 aromatic rings. The third-order valence-electron chi connectivity index (χ3n) is 3.36. The van der Waals surface area contributed by atoms with Crippen molar-refractivity contribution in [1.82, 2.24) is 0 Å². The van der Waals surface area contributed by atoms with E-state index < -0.39 is 0 Å². The van der Waals surface area contributed by atoms with Crippen LogP contribution in [0.5, 0.6) is 5.75 Å². The molecule has 4 nitrogen and oxygen atoms in total. The van der Waals surface area contributed by atoms with Gasteiger partial charge in [-0.05, 0) is 17.7 Å². The van der Waals surface area contributed by atoms with Crippen LogP contribution in [0.2, 0.25) is 0 Å². The Morgan fingerprint density at radius 2 is 1.77 bits per heavy atom. The van der Waals surface area contributed by atoms with E-state index in [4.69, 9.17) is 14.6 Å². The van der Waals surface area contributed by atoms with Gasteiger partial charge in [0.25, 0.3) is 0 Å². The molecule has 0 aliphatic carbocycles. The first-order valence-electron chi connectivity index (χ1n) is 7.19. The molecule has 1 atom stereocenters. The maximum Gasteiger partial charge on any atom is 0.165 e. The highest BCUT2D eigenvalue weighted by Gasteiger charge is 2.18. The van der Waals surface area contributed by atoms with Gasteiger partial charge in [0.1, 0.15) is 5.75 Å². The van der Waals surface area contributed by atoms with E-state index in [1.165, 1.54) is 0 Å². The van der Waals surface area contributed by atoms with Crippen LogP contribution in [0.3, 0.4) is 0 Å². The summed E-state index contributed by atoms with van der Waals surface area (Å²) in [5.41, 5.74) is 1.55. The van der Waals surface area contributed by atoms with Crippen molar-refractivity contribution in [2.45, 2.75) is 12.5 Å². The Hall–Kier alpha value is -2.17. The van der Waals surface area contributed by atoms with Crippen molar-refractivity contribution in [1.29, 1.82) is 0 Å². The predicted octanol–water partition coefficient (Wildman–Crippen LogP) is 3.02. The van der Waals surface area contributed by atoms with Crippen LogP contribution in [0.4, 0.5) is 0 Å². The smallest absolute Gasteiger partial charge is 0.165 e. The highest BCUT2D eigenvalue weighted by atomic mass is 16.5. The average Bonchev–Trinajstić information content (AvgIpc) is 2.59. The maximum atomic E-state index is 12.3. The molecule has 0 radical (unpaired) electrons. The number of hydrogen-bond acceptors (Lipinski definition) is 4. The Balaban J connectivity index is 2.13. The summed E-state index contributed by atoms with van der Waals surface area (Å²) in [7, 11) is 1.60. The van der Waals surface area contributed by atoms with Crippen LogP contribution in [0.25, 0.3) is 0 Å². The normalized spacial score (nSPS) is 11.9. The van der Waals surface area contributed by atoms with Gasteiger partial charge in [-0.1, -0.05) is 42.5 Å². The number of aliphatic hydroxyl groups is 1. The molecule has 22 heavy (non-hydrogen) atoms. The molecule has 0 heterocycles. The minimum Gasteiger partial charge on any atom is -0.497 e. The van der Waals surface area contributed by atoms with Gasteiger partial charge in [0, 0.05) is 12.0 Å². The van der Waals surface area contributed by atoms with Crippen LogP contribution in [0, 0.1) is 0 Å². The molecule has 0 saturated carbocycles. The Bertz CT molecular complexity index is 578. The lowest BCUT2D eigenvalue weighted by molar-refractivity contribution is 0.0233. The van der Waals surface area contributed by atoms with Gasteiger partial charge in [-0.3, -0.25) is 4.79 Å². The van der Waals surface area contributed by atoms with Gasteiger partial charge in [-0.15, -0.1) is 0 Å². The molecule has 0 aliphatic heterocycles. The van der Waals surface area contributed by atoms with Crippen molar-refractivity contribution in [3.05, 3.63) is 65.7 Å². The van der Waals surface area contributed by atoms with E-state index >= 15 is 0 Å². The SMILES string of the molecule is COc1ccc([C@@H](CC(=O)c2ccccc2)OCCO)cc1. The Kier molecular flexibility index (Phi) is 6.13. The summed E-state index contributed by atoms with van der Waals surface area (Å²) < 4.78 is 10.8. The molecule has 116 valence electrons. The van der Waals surface area contributed by atoms with Crippen molar-refractivity contribution >= 4 is 5.78 Å². The lowest BCUT2D eigenvalue weighted by Crippen LogP contribution is -2.13. The number of ether oxygens (including phenoxy) is 2. The summed E-state index contributed by atoms with van der Waals surface area (Å²) in [4.78, 5) is 12.3. The van der Waals surface area contributed by atoms with Gasteiger partial charge in [0.05, 0.1) is 26.4 Å². The molecular formula is C18H20O4. The Morgan fingerprint density at radius 1 is 1.09 bits per heavy atom. The average molecular weight is 300 g/mol. The number of methoxy groups -OCH3 is 1. The largest absolute Gasteiger partial charge is 0.497 e. The fraction of sp³-hybridized carbons (Fsp3) is 0.278. The molecule has 0 bridgehead atoms. The van der Waals surface area contributed by atoms with E-state index in [-0.39, 0.29) is 31.5 Å². The standard InChI is InChI=1S/C18H20O4/c1-21-16-9-7-15(8-10-16)18(22-12-11-19)13-17(20)14-5-3-2-4-6-14/h2-10,18-19H,11-13H2,1H3/t18-/m1/s1. The van der Waals surface area contributed by atoms with Gasteiger partial charge >= 0.3 is 0 Å². The van der Waals surface area contributed by atoms with Crippen molar-refractivity contribution in [2.75, 3.05) is 20.3 Å². The fourth-order valence-corrected chi connectivity index (χ4v) is 2.20. The van der Waals surface area contributed by atoms with Crippen molar-refractivity contribution in [2.24, 2.45) is 0 Å². The van der Waals surface area contributed by atoms with Crippen molar-refractivity contribution in [3.63, 3.8) is 0 Å². The van der Waals surface area contributed by atoms with Crippen LogP contribution in [0.1, 0.15) is 28.4 Å². The molecule has 1 N–H and O–H groups in total. The summed E-state index contributed by atoms with van der Waals surface area (Å²) in [6.45, 7) is 0.116. The fourth-order valence-electron chi connectivity index (χ4n) is 2.20. The summed E-state index contributed by atoms with van der Waals surface area (Å²) in [5.74, 6) is 0.762. The number of hydrogen-bond donors (Lipinski definition) is 1. The van der Waals surface area contributed by atoms with Crippen LogP contribution in [0.15, 0.2) is 54.6 Å². The van der Waals surface area contributed by atoms with Gasteiger partial charge in [0.2, 0.25) is 0 Å². The number of Topliss-reactive ketones (excluding diaryl/α,β-unsaturated/α-hetero) is 1. The molecule has 0 fully saturated rings. The van der Waals surface area contributed by atoms with E-state index in [2.05, 4.69) is 0 Å². The summed E-state index contributed by atoms with van der Waals surface area (Å²) in [5, 5.41) is 8.97. The van der Waals surface area contributed by atoms with E-state index in [9.17, 15) is 4.79 Å². The van der Waals surface area contributed by atoms with Crippen molar-refractivity contribution in [3.8, 4) is 5.75 Å². The third-order valence-corrected chi connectivity index (χ3v) is 3.36. The molecule has 0 unspecified atom stereocenters. The minimum absolute atomic E-state index is 0.0133. The number of carbonyl (C=O) groups excluding carboxylic acids is 1. The lowest BCUT2D eigenvalue weighted by atomic mass is 10.00. The maximum absolute atomic E-state index is 12.3.